The van der Waals surface area contributed by atoms with E-state index in [-0.39, 0.29) is 0 Å². The second-order valence-electron chi connectivity index (χ2n) is 6.32. The lowest BCUT2D eigenvalue weighted by Crippen LogP contribution is -2.38. The van der Waals surface area contributed by atoms with Crippen molar-refractivity contribution in [2.24, 2.45) is 0 Å². The molecule has 3 rings (SSSR count). The summed E-state index contributed by atoms with van der Waals surface area (Å²) in [5, 5.41) is 2.66. The number of carbonyl (C=O) groups excluding carboxylic acids is 2. The average Bonchev–Trinajstić information content (AvgIpc) is 2.74. The molecule has 0 aromatic heterocycles. The van der Waals surface area contributed by atoms with Gasteiger partial charge in [-0.2, -0.15) is 0 Å². The lowest BCUT2D eigenvalue weighted by atomic mass is 10.1. The molecule has 0 fully saturated rings. The maximum absolute atomic E-state index is 12.9. The van der Waals surface area contributed by atoms with Crippen molar-refractivity contribution in [3.63, 3.8) is 0 Å². The minimum Gasteiger partial charge on any atom is -0.497 e. The summed E-state index contributed by atoms with van der Waals surface area (Å²) < 4.78 is 5.16. The Bertz CT molecular complexity index is 885. The number of carbonyl (C=O) groups is 2. The van der Waals surface area contributed by atoms with E-state index in [2.05, 4.69) is 5.32 Å². The highest BCUT2D eigenvalue weighted by molar-refractivity contribution is 6.39. The van der Waals surface area contributed by atoms with Crippen LogP contribution in [0.15, 0.2) is 84.9 Å². The third-order valence-electron chi connectivity index (χ3n) is 4.24. The van der Waals surface area contributed by atoms with Gasteiger partial charge in [-0.15, -0.1) is 0 Å². The Morgan fingerprint density at radius 3 is 1.93 bits per heavy atom. The minimum atomic E-state index is -0.680. The van der Waals surface area contributed by atoms with Gasteiger partial charge in [0.15, 0.2) is 0 Å². The van der Waals surface area contributed by atoms with Crippen molar-refractivity contribution < 1.29 is 14.3 Å². The van der Waals surface area contributed by atoms with Crippen molar-refractivity contribution in [2.45, 2.75) is 13.1 Å². The smallest absolute Gasteiger partial charge is 0.313 e. The van der Waals surface area contributed by atoms with E-state index in [1.165, 1.54) is 0 Å². The minimum absolute atomic E-state index is 0.347. The first-order valence-electron chi connectivity index (χ1n) is 8.98. The summed E-state index contributed by atoms with van der Waals surface area (Å²) in [6.07, 6.45) is 0. The molecular weight excluding hydrogens is 352 g/mol. The molecule has 0 radical (unpaired) electrons. The Kier molecular flexibility index (Phi) is 6.41. The molecule has 1 N–H and O–H groups in total. The lowest BCUT2D eigenvalue weighted by Gasteiger charge is -2.22. The Morgan fingerprint density at radius 1 is 0.821 bits per heavy atom. The molecule has 5 heteroatoms. The van der Waals surface area contributed by atoms with Gasteiger partial charge >= 0.3 is 11.8 Å². The van der Waals surface area contributed by atoms with E-state index in [0.29, 0.717) is 24.5 Å². The number of nitrogens with one attached hydrogen (secondary N) is 1. The van der Waals surface area contributed by atoms with Crippen LogP contribution >= 0.6 is 0 Å². The molecule has 0 atom stereocenters. The van der Waals surface area contributed by atoms with Gasteiger partial charge in [-0.3, -0.25) is 9.59 Å². The number of amides is 2. The van der Waals surface area contributed by atoms with Gasteiger partial charge < -0.3 is 15.0 Å². The summed E-state index contributed by atoms with van der Waals surface area (Å²) in [5.41, 5.74) is 2.43. The van der Waals surface area contributed by atoms with Crippen molar-refractivity contribution in [3.8, 4) is 5.75 Å². The van der Waals surface area contributed by atoms with Gasteiger partial charge in [0.1, 0.15) is 5.75 Å². The molecule has 28 heavy (non-hydrogen) atoms. The number of anilines is 1. The zero-order valence-corrected chi connectivity index (χ0v) is 15.7. The highest BCUT2D eigenvalue weighted by Gasteiger charge is 2.22. The Morgan fingerprint density at radius 2 is 1.39 bits per heavy atom. The van der Waals surface area contributed by atoms with Crippen LogP contribution in [-0.2, 0) is 22.7 Å². The van der Waals surface area contributed by atoms with Crippen LogP contribution in [0.3, 0.4) is 0 Å². The van der Waals surface area contributed by atoms with Crippen LogP contribution in [0.4, 0.5) is 5.69 Å². The second kappa shape index (κ2) is 9.37. The molecule has 0 heterocycles. The second-order valence-corrected chi connectivity index (χ2v) is 6.32. The molecular formula is C23H22N2O3. The van der Waals surface area contributed by atoms with Crippen LogP contribution in [0.5, 0.6) is 5.75 Å². The molecule has 142 valence electrons. The molecule has 0 unspecified atom stereocenters. The fourth-order valence-corrected chi connectivity index (χ4v) is 2.84. The molecule has 0 saturated heterocycles. The predicted molar refractivity (Wildman–Crippen MR) is 109 cm³/mol. The first-order valence-corrected chi connectivity index (χ1v) is 8.98. The molecule has 0 bridgehead atoms. The van der Waals surface area contributed by atoms with E-state index in [0.717, 1.165) is 11.1 Å². The first-order chi connectivity index (χ1) is 13.7. The van der Waals surface area contributed by atoms with E-state index in [9.17, 15) is 9.59 Å². The summed E-state index contributed by atoms with van der Waals surface area (Å²) in [6, 6.07) is 26.1. The van der Waals surface area contributed by atoms with Gasteiger partial charge in [0.05, 0.1) is 7.11 Å². The van der Waals surface area contributed by atoms with Gasteiger partial charge in [-0.1, -0.05) is 66.7 Å². The third-order valence-corrected chi connectivity index (χ3v) is 4.24. The van der Waals surface area contributed by atoms with Crippen LogP contribution in [-0.4, -0.2) is 23.8 Å². The number of benzene rings is 3. The maximum atomic E-state index is 12.9. The van der Waals surface area contributed by atoms with Crippen LogP contribution in [0.1, 0.15) is 11.1 Å². The number of rotatable bonds is 6. The largest absolute Gasteiger partial charge is 0.497 e. The number of hydrogen-bond donors (Lipinski definition) is 1. The Labute approximate surface area is 164 Å². The molecule has 2 amide bonds. The number of hydrogen-bond acceptors (Lipinski definition) is 3. The fraction of sp³-hybridized carbons (Fsp3) is 0.130. The van der Waals surface area contributed by atoms with Crippen LogP contribution in [0.25, 0.3) is 0 Å². The van der Waals surface area contributed by atoms with Gasteiger partial charge in [0, 0.05) is 24.8 Å². The van der Waals surface area contributed by atoms with Crippen molar-refractivity contribution in [1.29, 1.82) is 0 Å². The molecule has 5 nitrogen and oxygen atoms in total. The molecule has 0 aliphatic carbocycles. The maximum Gasteiger partial charge on any atom is 0.313 e. The standard InChI is InChI=1S/C23H22N2O3/c1-28-21-14-8-13-20(15-21)24-22(26)23(27)25(16-18-9-4-2-5-10-18)17-19-11-6-3-7-12-19/h2-15H,16-17H2,1H3,(H,24,26). The van der Waals surface area contributed by atoms with E-state index in [1.807, 2.05) is 60.7 Å². The predicted octanol–water partition coefficient (Wildman–Crippen LogP) is 3.86. The van der Waals surface area contributed by atoms with Crippen molar-refractivity contribution in [2.75, 3.05) is 12.4 Å². The van der Waals surface area contributed by atoms with Crippen LogP contribution < -0.4 is 10.1 Å². The van der Waals surface area contributed by atoms with Crippen LogP contribution in [0.2, 0.25) is 0 Å². The summed E-state index contributed by atoms with van der Waals surface area (Å²) in [5.74, 6) is -0.661. The molecule has 3 aromatic carbocycles. The zero-order chi connectivity index (χ0) is 19.8. The van der Waals surface area contributed by atoms with Gasteiger partial charge in [-0.25, -0.2) is 0 Å². The molecule has 0 aliphatic heterocycles. The van der Waals surface area contributed by atoms with Gasteiger partial charge in [0.2, 0.25) is 0 Å². The van der Waals surface area contributed by atoms with Crippen LogP contribution in [0, 0.1) is 0 Å². The first kappa shape index (κ1) is 19.2. The normalized spacial score (nSPS) is 10.2. The fourth-order valence-electron chi connectivity index (χ4n) is 2.84. The number of ether oxygens (including phenoxy) is 1. The molecule has 3 aromatic rings. The SMILES string of the molecule is COc1cccc(NC(=O)C(=O)N(Cc2ccccc2)Cc2ccccc2)c1. The van der Waals surface area contributed by atoms with Crippen molar-refractivity contribution >= 4 is 17.5 Å². The van der Waals surface area contributed by atoms with E-state index < -0.39 is 11.8 Å². The Hall–Kier alpha value is -3.60. The third kappa shape index (κ3) is 5.20. The number of nitrogens with zero attached hydrogens (tertiary/aromatic N) is 1. The topological polar surface area (TPSA) is 58.6 Å². The van der Waals surface area contributed by atoms with Gasteiger partial charge in [-0.05, 0) is 23.3 Å². The lowest BCUT2D eigenvalue weighted by molar-refractivity contribution is -0.144. The highest BCUT2D eigenvalue weighted by Crippen LogP contribution is 2.17. The summed E-state index contributed by atoms with van der Waals surface area (Å²) in [7, 11) is 1.55. The average molecular weight is 374 g/mol. The quantitative estimate of drug-likeness (QED) is 0.667. The van der Waals surface area contributed by atoms with E-state index >= 15 is 0 Å². The molecule has 0 saturated carbocycles. The monoisotopic (exact) mass is 374 g/mol. The summed E-state index contributed by atoms with van der Waals surface area (Å²) in [4.78, 5) is 27.0. The number of methoxy groups -OCH3 is 1. The zero-order valence-electron chi connectivity index (χ0n) is 15.7. The van der Waals surface area contributed by atoms with E-state index in [1.54, 1.807) is 36.3 Å². The summed E-state index contributed by atoms with van der Waals surface area (Å²) in [6.45, 7) is 0.695. The summed E-state index contributed by atoms with van der Waals surface area (Å²) >= 11 is 0. The van der Waals surface area contributed by atoms with Crippen molar-refractivity contribution in [1.82, 2.24) is 4.90 Å². The van der Waals surface area contributed by atoms with E-state index in [4.69, 9.17) is 4.74 Å². The van der Waals surface area contributed by atoms with Gasteiger partial charge in [0.25, 0.3) is 0 Å². The molecule has 0 spiro atoms. The molecule has 0 aliphatic rings. The highest BCUT2D eigenvalue weighted by atomic mass is 16.5. The Balaban J connectivity index is 1.77. The van der Waals surface area contributed by atoms with Crippen molar-refractivity contribution in [3.05, 3.63) is 96.1 Å².